The van der Waals surface area contributed by atoms with Gasteiger partial charge in [-0.1, -0.05) is 10.4 Å². The van der Waals surface area contributed by atoms with Gasteiger partial charge in [-0.15, -0.1) is 5.10 Å². The first-order chi connectivity index (χ1) is 19.6. The zero-order valence-electron chi connectivity index (χ0n) is 22.0. The summed E-state index contributed by atoms with van der Waals surface area (Å²) in [6.07, 6.45) is -3.42. The number of rotatable bonds is 8. The van der Waals surface area contributed by atoms with Crippen LogP contribution in [-0.4, -0.2) is 81.1 Å². The smallest absolute Gasteiger partial charge is 0.302 e. The largest absolute Gasteiger partial charge is 0.497 e. The van der Waals surface area contributed by atoms with Gasteiger partial charge in [0.1, 0.15) is 48.5 Å². The second kappa shape index (κ2) is 11.8. The van der Waals surface area contributed by atoms with E-state index >= 15 is 0 Å². The summed E-state index contributed by atoms with van der Waals surface area (Å²) in [5.74, 6) is -4.34. The topological polar surface area (TPSA) is 138 Å². The number of halogens is 3. The minimum Gasteiger partial charge on any atom is -0.497 e. The van der Waals surface area contributed by atoms with Gasteiger partial charge in [-0.25, -0.2) is 17.9 Å². The molecule has 2 aliphatic heterocycles. The Balaban J connectivity index is 1.35. The van der Waals surface area contributed by atoms with Gasteiger partial charge in [0.15, 0.2) is 17.5 Å². The summed E-state index contributed by atoms with van der Waals surface area (Å²) < 4.78 is 58.3. The second-order valence-electron chi connectivity index (χ2n) is 9.76. The molecule has 0 radical (unpaired) electrons. The van der Waals surface area contributed by atoms with Crippen molar-refractivity contribution < 1.29 is 47.2 Å². The highest BCUT2D eigenvalue weighted by Gasteiger charge is 2.47. The predicted molar refractivity (Wildman–Crippen MR) is 135 cm³/mol. The first kappa shape index (κ1) is 28.5. The number of nitrogens with zero attached hydrogens (tertiary/aromatic N) is 4. The number of hydrogen-bond donors (Lipinski definition) is 2. The molecule has 1 fully saturated rings. The average Bonchev–Trinajstić information content (AvgIpc) is 3.63. The summed E-state index contributed by atoms with van der Waals surface area (Å²) in [6.45, 7) is 0.888. The summed E-state index contributed by atoms with van der Waals surface area (Å²) in [5, 5.41) is 34.4. The molecule has 0 saturated carbocycles. The summed E-state index contributed by atoms with van der Waals surface area (Å²) in [5.41, 5.74) is 1.40. The van der Waals surface area contributed by atoms with Crippen molar-refractivity contribution in [1.82, 2.24) is 15.0 Å². The van der Waals surface area contributed by atoms with Crippen LogP contribution in [0.5, 0.6) is 5.75 Å². The number of esters is 1. The van der Waals surface area contributed by atoms with Crippen LogP contribution in [0.25, 0.3) is 11.3 Å². The Bertz CT molecular complexity index is 1410. The van der Waals surface area contributed by atoms with E-state index in [9.17, 15) is 28.2 Å². The maximum atomic E-state index is 13.8. The minimum absolute atomic E-state index is 0.0292. The Morgan fingerprint density at radius 3 is 2.41 bits per heavy atom. The number of carbonyl (C=O) groups excluding carboxylic acids is 1. The van der Waals surface area contributed by atoms with Gasteiger partial charge in [0.2, 0.25) is 0 Å². The summed E-state index contributed by atoms with van der Waals surface area (Å²) in [6, 6.07) is 7.64. The molecule has 0 bridgehead atoms. The van der Waals surface area contributed by atoms with Crippen molar-refractivity contribution >= 4 is 11.7 Å². The van der Waals surface area contributed by atoms with Crippen LogP contribution in [0.4, 0.5) is 13.2 Å². The van der Waals surface area contributed by atoms with E-state index in [0.29, 0.717) is 17.9 Å². The van der Waals surface area contributed by atoms with E-state index in [0.717, 1.165) is 22.4 Å². The normalized spacial score (nSPS) is 25.9. The van der Waals surface area contributed by atoms with Crippen LogP contribution < -0.4 is 4.74 Å². The first-order valence-corrected chi connectivity index (χ1v) is 12.7. The zero-order chi connectivity index (χ0) is 29.3. The molecule has 1 unspecified atom stereocenters. The summed E-state index contributed by atoms with van der Waals surface area (Å²) in [4.78, 5) is 17.1. The highest BCUT2D eigenvalue weighted by Crippen LogP contribution is 2.35. The van der Waals surface area contributed by atoms with Crippen LogP contribution in [0.1, 0.15) is 31.4 Å². The van der Waals surface area contributed by atoms with E-state index in [4.69, 9.17) is 19.0 Å². The Morgan fingerprint density at radius 2 is 1.76 bits per heavy atom. The molecular formula is C27H27F3N4O7. The van der Waals surface area contributed by atoms with Crippen LogP contribution in [0.3, 0.4) is 0 Å². The van der Waals surface area contributed by atoms with E-state index < -0.39 is 60.0 Å². The fourth-order valence-corrected chi connectivity index (χ4v) is 4.90. The molecule has 218 valence electrons. The maximum Gasteiger partial charge on any atom is 0.302 e. The number of methoxy groups -OCH3 is 1. The molecule has 0 aliphatic carbocycles. The predicted octanol–water partition coefficient (Wildman–Crippen LogP) is 2.55. The monoisotopic (exact) mass is 576 g/mol. The molecule has 1 aromatic heterocycles. The lowest BCUT2D eigenvalue weighted by Gasteiger charge is -2.42. The average molecular weight is 577 g/mol. The van der Waals surface area contributed by atoms with E-state index in [2.05, 4.69) is 15.5 Å². The molecule has 14 heteroatoms. The van der Waals surface area contributed by atoms with Crippen molar-refractivity contribution in [2.24, 2.45) is 5.16 Å². The third kappa shape index (κ3) is 6.04. The number of aliphatic hydroxyl groups excluding tert-OH is 2. The van der Waals surface area contributed by atoms with Crippen LogP contribution >= 0.6 is 0 Å². The lowest BCUT2D eigenvalue weighted by molar-refractivity contribution is -0.216. The molecule has 2 N–H and O–H groups in total. The Kier molecular flexibility index (Phi) is 8.24. The van der Waals surface area contributed by atoms with Gasteiger partial charge in [0, 0.05) is 25.3 Å². The highest BCUT2D eigenvalue weighted by molar-refractivity contribution is 6.01. The van der Waals surface area contributed by atoms with Crippen LogP contribution in [0, 0.1) is 17.5 Å². The van der Waals surface area contributed by atoms with Crippen molar-refractivity contribution in [3.63, 3.8) is 0 Å². The van der Waals surface area contributed by atoms with Gasteiger partial charge in [-0.05, 0) is 42.0 Å². The SMILES string of the molecule is COc1ccc(C2=NOC(C[C@H]3O[C@H](COC(C)=O)[C@H](O)[C@H](n4cc(-c5cc(F)c(F)c(F)c5)nn4)[C@H]3O)C2)cc1. The van der Waals surface area contributed by atoms with E-state index in [1.165, 1.54) is 13.1 Å². The van der Waals surface area contributed by atoms with E-state index in [1.54, 1.807) is 19.2 Å². The van der Waals surface area contributed by atoms with Gasteiger partial charge >= 0.3 is 5.97 Å². The number of oxime groups is 1. The lowest BCUT2D eigenvalue weighted by Crippen LogP contribution is -2.56. The van der Waals surface area contributed by atoms with Gasteiger partial charge < -0.3 is 29.3 Å². The van der Waals surface area contributed by atoms with Crippen molar-refractivity contribution in [2.45, 2.75) is 56.3 Å². The Labute approximate surface area is 232 Å². The molecule has 11 nitrogen and oxygen atoms in total. The molecule has 0 amide bonds. The van der Waals surface area contributed by atoms with Gasteiger partial charge in [-0.2, -0.15) is 0 Å². The fourth-order valence-electron chi connectivity index (χ4n) is 4.90. The molecule has 0 spiro atoms. The minimum atomic E-state index is -1.62. The van der Waals surface area contributed by atoms with Crippen LogP contribution in [0.2, 0.25) is 0 Å². The molecule has 3 aromatic rings. The molecule has 5 rings (SSSR count). The Hall–Kier alpha value is -4.01. The third-order valence-electron chi connectivity index (χ3n) is 7.01. The lowest BCUT2D eigenvalue weighted by atomic mass is 9.89. The summed E-state index contributed by atoms with van der Waals surface area (Å²) in [7, 11) is 1.57. The van der Waals surface area contributed by atoms with E-state index in [-0.39, 0.29) is 24.3 Å². The van der Waals surface area contributed by atoms with Crippen LogP contribution in [-0.2, 0) is 19.1 Å². The third-order valence-corrected chi connectivity index (χ3v) is 7.01. The maximum absolute atomic E-state index is 13.8. The number of aromatic nitrogens is 3. The van der Waals surface area contributed by atoms with Gasteiger partial charge in [-0.3, -0.25) is 4.79 Å². The number of aliphatic hydroxyl groups is 2. The Morgan fingerprint density at radius 1 is 1.07 bits per heavy atom. The summed E-state index contributed by atoms with van der Waals surface area (Å²) >= 11 is 0. The molecule has 2 aromatic carbocycles. The fraction of sp³-hybridized carbons (Fsp3) is 0.407. The quantitative estimate of drug-likeness (QED) is 0.306. The van der Waals surface area contributed by atoms with Crippen molar-refractivity contribution in [1.29, 1.82) is 0 Å². The molecule has 41 heavy (non-hydrogen) atoms. The molecule has 6 atom stereocenters. The molecule has 2 aliphatic rings. The van der Waals surface area contributed by atoms with E-state index in [1.807, 2.05) is 12.1 Å². The van der Waals surface area contributed by atoms with Gasteiger partial charge in [0.05, 0.1) is 25.1 Å². The van der Waals surface area contributed by atoms with Crippen LogP contribution in [0.15, 0.2) is 47.8 Å². The number of hydrogen-bond acceptors (Lipinski definition) is 10. The molecule has 1 saturated heterocycles. The van der Waals surface area contributed by atoms with Crippen molar-refractivity contribution in [3.05, 3.63) is 65.6 Å². The number of carbonyl (C=O) groups is 1. The number of benzene rings is 2. The zero-order valence-corrected chi connectivity index (χ0v) is 22.0. The second-order valence-corrected chi connectivity index (χ2v) is 9.76. The molecular weight excluding hydrogens is 549 g/mol. The number of ether oxygens (including phenoxy) is 3. The van der Waals surface area contributed by atoms with Crippen molar-refractivity contribution in [3.8, 4) is 17.0 Å². The highest BCUT2D eigenvalue weighted by atomic mass is 19.2. The first-order valence-electron chi connectivity index (χ1n) is 12.7. The van der Waals surface area contributed by atoms with Gasteiger partial charge in [0.25, 0.3) is 0 Å². The standard InChI is InChI=1S/C27H27F3N4O7/c1-13(35)39-12-23-27(37)25(34-11-21(31-33-34)15-7-18(28)24(30)19(29)8-15)26(36)22(40-23)10-17-9-20(32-41-17)14-3-5-16(38-2)6-4-14/h3-8,11,17,22-23,25-27,36-37H,9-10,12H2,1-2H3/t17?,22-,23-,25-,26+,27+/m1/s1. The molecule has 3 heterocycles. The van der Waals surface area contributed by atoms with Crippen molar-refractivity contribution in [2.75, 3.05) is 13.7 Å².